The molecule has 6 nitrogen and oxygen atoms in total. The van der Waals surface area contributed by atoms with E-state index < -0.39 is 15.6 Å². The molecule has 2 rings (SSSR count). The van der Waals surface area contributed by atoms with Crippen LogP contribution in [-0.2, 0) is 14.9 Å². The molecule has 0 bridgehead atoms. The molecule has 1 aromatic heterocycles. The Bertz CT molecular complexity index is 547. The van der Waals surface area contributed by atoms with E-state index in [4.69, 9.17) is 16.4 Å². The van der Waals surface area contributed by atoms with Crippen LogP contribution in [0.5, 0.6) is 0 Å². The van der Waals surface area contributed by atoms with Gasteiger partial charge in [0.1, 0.15) is 9.92 Å². The molecule has 0 unspecified atom stereocenters. The van der Waals surface area contributed by atoms with Crippen LogP contribution in [0, 0.1) is 0 Å². The van der Waals surface area contributed by atoms with Crippen LogP contribution in [0.4, 0.5) is 0 Å². The summed E-state index contributed by atoms with van der Waals surface area (Å²) in [7, 11) is -3.72. The molecule has 0 saturated carbocycles. The molecule has 1 saturated heterocycles. The van der Waals surface area contributed by atoms with Crippen molar-refractivity contribution in [3.63, 3.8) is 0 Å². The second-order valence-corrected chi connectivity index (χ2v) is 5.47. The minimum atomic E-state index is -3.72. The monoisotopic (exact) mass is 264 g/mol. The number of hydroxylamine groups is 1. The largest absolute Gasteiger partial charge is 0.326 e. The molecule has 1 fully saturated rings. The Kier molecular flexibility index (Phi) is 3.02. The number of nitrogens with one attached hydrogen (secondary N) is 1. The van der Waals surface area contributed by atoms with Gasteiger partial charge in [-0.05, 0) is 12.5 Å². The van der Waals surface area contributed by atoms with Gasteiger partial charge in [0, 0.05) is 12.7 Å². The van der Waals surface area contributed by atoms with E-state index in [-0.39, 0.29) is 9.92 Å². The van der Waals surface area contributed by atoms with Crippen molar-refractivity contribution >= 4 is 21.6 Å². The van der Waals surface area contributed by atoms with Gasteiger partial charge >= 0.3 is 0 Å². The van der Waals surface area contributed by atoms with Crippen LogP contribution < -0.4 is 5.56 Å². The number of aromatic amines is 1. The van der Waals surface area contributed by atoms with Crippen molar-refractivity contribution in [3.05, 3.63) is 27.6 Å². The van der Waals surface area contributed by atoms with E-state index >= 15 is 0 Å². The van der Waals surface area contributed by atoms with Crippen molar-refractivity contribution in [1.29, 1.82) is 0 Å². The molecule has 1 N–H and O–H groups in total. The third-order valence-corrected chi connectivity index (χ3v) is 4.05. The van der Waals surface area contributed by atoms with Crippen molar-refractivity contribution in [2.75, 3.05) is 13.2 Å². The number of hydrogen-bond acceptors (Lipinski definition) is 4. The van der Waals surface area contributed by atoms with Crippen LogP contribution in [0.1, 0.15) is 6.42 Å². The van der Waals surface area contributed by atoms with Crippen molar-refractivity contribution < 1.29 is 13.3 Å². The normalized spacial score (nSPS) is 17.8. The Hall–Kier alpha value is -0.890. The zero-order valence-corrected chi connectivity index (χ0v) is 9.71. The summed E-state index contributed by atoms with van der Waals surface area (Å²) in [6.45, 7) is 0.676. The molecule has 0 aromatic carbocycles. The first-order valence-electron chi connectivity index (χ1n) is 4.56. The number of pyridine rings is 1. The van der Waals surface area contributed by atoms with Crippen LogP contribution >= 0.6 is 11.6 Å². The minimum Gasteiger partial charge on any atom is -0.326 e. The quantitative estimate of drug-likeness (QED) is 0.836. The molecule has 0 amide bonds. The van der Waals surface area contributed by atoms with E-state index in [1.54, 1.807) is 0 Å². The van der Waals surface area contributed by atoms with Gasteiger partial charge in [0.05, 0.1) is 6.61 Å². The van der Waals surface area contributed by atoms with Crippen molar-refractivity contribution in [2.45, 2.75) is 11.3 Å². The molecule has 0 aliphatic carbocycles. The Morgan fingerprint density at radius 2 is 2.25 bits per heavy atom. The van der Waals surface area contributed by atoms with Crippen LogP contribution in [0.15, 0.2) is 22.0 Å². The van der Waals surface area contributed by atoms with E-state index in [0.717, 1.165) is 16.7 Å². The lowest BCUT2D eigenvalue weighted by molar-refractivity contribution is -0.0284. The first-order valence-corrected chi connectivity index (χ1v) is 6.37. The van der Waals surface area contributed by atoms with E-state index in [1.165, 1.54) is 0 Å². The van der Waals surface area contributed by atoms with E-state index in [9.17, 15) is 13.2 Å². The van der Waals surface area contributed by atoms with Gasteiger partial charge in [0.2, 0.25) is 0 Å². The minimum absolute atomic E-state index is 0.0843. The number of aromatic nitrogens is 1. The number of H-pyrrole nitrogens is 1. The SMILES string of the molecule is O=c1[nH]cc(S(=O)(=O)N2CCCO2)cc1Cl. The highest BCUT2D eigenvalue weighted by atomic mass is 35.5. The maximum atomic E-state index is 11.9. The fraction of sp³-hybridized carbons (Fsp3) is 0.375. The van der Waals surface area contributed by atoms with Gasteiger partial charge in [-0.2, -0.15) is 0 Å². The molecule has 2 heterocycles. The zero-order chi connectivity index (χ0) is 11.8. The van der Waals surface area contributed by atoms with Crippen LogP contribution in [0.3, 0.4) is 0 Å². The van der Waals surface area contributed by atoms with Gasteiger partial charge in [-0.3, -0.25) is 9.63 Å². The maximum absolute atomic E-state index is 11.9. The van der Waals surface area contributed by atoms with E-state index in [0.29, 0.717) is 19.6 Å². The fourth-order valence-corrected chi connectivity index (χ4v) is 2.85. The lowest BCUT2D eigenvalue weighted by Crippen LogP contribution is -2.27. The summed E-state index contributed by atoms with van der Waals surface area (Å²) < 4.78 is 24.7. The average Bonchev–Trinajstić information content (AvgIpc) is 2.75. The second kappa shape index (κ2) is 4.17. The van der Waals surface area contributed by atoms with E-state index in [2.05, 4.69) is 4.98 Å². The summed E-state index contributed by atoms with van der Waals surface area (Å²) in [5.41, 5.74) is -0.525. The van der Waals surface area contributed by atoms with Crippen LogP contribution in [-0.4, -0.2) is 31.0 Å². The third-order valence-electron chi connectivity index (χ3n) is 2.12. The lowest BCUT2D eigenvalue weighted by atomic mass is 10.5. The summed E-state index contributed by atoms with van der Waals surface area (Å²) in [6, 6.07) is 1.11. The molecular formula is C8H9ClN2O4S. The Balaban J connectivity index is 2.42. The molecule has 1 aliphatic rings. The molecule has 1 aromatic rings. The number of hydrogen-bond donors (Lipinski definition) is 1. The number of sulfonamides is 1. The lowest BCUT2D eigenvalue weighted by Gasteiger charge is -2.13. The van der Waals surface area contributed by atoms with Gasteiger partial charge in [0.25, 0.3) is 15.6 Å². The topological polar surface area (TPSA) is 79.5 Å². The molecule has 0 radical (unpaired) electrons. The first kappa shape index (κ1) is 11.6. The Morgan fingerprint density at radius 1 is 1.50 bits per heavy atom. The predicted molar refractivity (Wildman–Crippen MR) is 56.5 cm³/mol. The first-order chi connectivity index (χ1) is 7.51. The van der Waals surface area contributed by atoms with Gasteiger partial charge in [-0.1, -0.05) is 16.1 Å². The molecule has 0 atom stereocenters. The molecular weight excluding hydrogens is 256 g/mol. The average molecular weight is 265 g/mol. The highest BCUT2D eigenvalue weighted by Crippen LogP contribution is 2.19. The van der Waals surface area contributed by atoms with Crippen LogP contribution in [0.2, 0.25) is 5.02 Å². The summed E-state index contributed by atoms with van der Waals surface area (Å²) in [6.07, 6.45) is 1.75. The predicted octanol–water partition coefficient (Wildman–Crippen LogP) is 0.354. The Labute approximate surface area is 96.8 Å². The standard InChI is InChI=1S/C8H9ClN2O4S/c9-7-4-6(5-10-8(7)12)16(13,14)11-2-1-3-15-11/h4-5H,1-3H2,(H,10,12). The number of nitrogens with zero attached hydrogens (tertiary/aromatic N) is 1. The van der Waals surface area contributed by atoms with Crippen molar-refractivity contribution in [3.8, 4) is 0 Å². The highest BCUT2D eigenvalue weighted by Gasteiger charge is 2.29. The molecule has 8 heteroatoms. The summed E-state index contributed by atoms with van der Waals surface area (Å²) in [4.78, 5) is 18.1. The van der Waals surface area contributed by atoms with E-state index in [1.807, 2.05) is 0 Å². The molecule has 16 heavy (non-hydrogen) atoms. The van der Waals surface area contributed by atoms with Gasteiger partial charge in [0.15, 0.2) is 0 Å². The van der Waals surface area contributed by atoms with Gasteiger partial charge < -0.3 is 4.98 Å². The van der Waals surface area contributed by atoms with Gasteiger partial charge in [-0.15, -0.1) is 0 Å². The third kappa shape index (κ3) is 1.99. The molecule has 1 aliphatic heterocycles. The van der Waals surface area contributed by atoms with Crippen LogP contribution in [0.25, 0.3) is 0 Å². The summed E-state index contributed by atoms with van der Waals surface area (Å²) >= 11 is 5.56. The maximum Gasteiger partial charge on any atom is 0.266 e. The number of rotatable bonds is 2. The summed E-state index contributed by atoms with van der Waals surface area (Å²) in [5.74, 6) is 0. The molecule has 0 spiro atoms. The van der Waals surface area contributed by atoms with Crippen molar-refractivity contribution in [2.24, 2.45) is 0 Å². The highest BCUT2D eigenvalue weighted by molar-refractivity contribution is 7.89. The van der Waals surface area contributed by atoms with Crippen molar-refractivity contribution in [1.82, 2.24) is 9.45 Å². The fourth-order valence-electron chi connectivity index (χ4n) is 1.32. The molecule has 88 valence electrons. The Morgan fingerprint density at radius 3 is 2.81 bits per heavy atom. The second-order valence-electron chi connectivity index (χ2n) is 3.23. The van der Waals surface area contributed by atoms with Gasteiger partial charge in [-0.25, -0.2) is 8.42 Å². The zero-order valence-electron chi connectivity index (χ0n) is 8.14. The smallest absolute Gasteiger partial charge is 0.266 e. The number of halogens is 1. The summed E-state index contributed by atoms with van der Waals surface area (Å²) in [5, 5.41) is -0.166.